The van der Waals surface area contributed by atoms with Crippen molar-refractivity contribution in [2.75, 3.05) is 11.9 Å². The minimum atomic E-state index is -0.0433. The molecule has 0 saturated carbocycles. The number of para-hydroxylation sites is 1. The Balaban J connectivity index is 1.62. The SMILES string of the molecule is Cc1nc(N(C)c2ccccc2)sc1C(=O)NC(C)CCc1ccccc1. The van der Waals surface area contributed by atoms with E-state index in [1.165, 1.54) is 16.9 Å². The van der Waals surface area contributed by atoms with Crippen LogP contribution in [0.2, 0.25) is 0 Å². The number of thiazole rings is 1. The fourth-order valence-corrected chi connectivity index (χ4v) is 3.84. The largest absolute Gasteiger partial charge is 0.349 e. The summed E-state index contributed by atoms with van der Waals surface area (Å²) >= 11 is 1.43. The van der Waals surface area contributed by atoms with Crippen LogP contribution in [0, 0.1) is 6.92 Å². The molecule has 0 aliphatic rings. The maximum absolute atomic E-state index is 12.7. The Hall–Kier alpha value is -2.66. The van der Waals surface area contributed by atoms with Gasteiger partial charge in [-0.15, -0.1) is 0 Å². The lowest BCUT2D eigenvalue weighted by atomic mass is 10.1. The average molecular weight is 380 g/mol. The fraction of sp³-hybridized carbons (Fsp3) is 0.273. The number of nitrogens with zero attached hydrogens (tertiary/aromatic N) is 2. The molecule has 0 spiro atoms. The van der Waals surface area contributed by atoms with E-state index in [1.807, 2.05) is 74.3 Å². The van der Waals surface area contributed by atoms with E-state index >= 15 is 0 Å². The summed E-state index contributed by atoms with van der Waals surface area (Å²) in [5.74, 6) is -0.0433. The van der Waals surface area contributed by atoms with Crippen molar-refractivity contribution in [3.63, 3.8) is 0 Å². The summed E-state index contributed by atoms with van der Waals surface area (Å²) in [6.45, 7) is 3.94. The van der Waals surface area contributed by atoms with Crippen LogP contribution in [-0.2, 0) is 6.42 Å². The van der Waals surface area contributed by atoms with Gasteiger partial charge in [0.15, 0.2) is 5.13 Å². The van der Waals surface area contributed by atoms with Gasteiger partial charge in [0.1, 0.15) is 4.88 Å². The lowest BCUT2D eigenvalue weighted by molar-refractivity contribution is 0.0942. The third kappa shape index (κ3) is 4.95. The summed E-state index contributed by atoms with van der Waals surface area (Å²) in [5, 5.41) is 3.93. The molecule has 0 saturated heterocycles. The van der Waals surface area contributed by atoms with Crippen LogP contribution in [-0.4, -0.2) is 24.0 Å². The molecule has 0 fully saturated rings. The Morgan fingerprint density at radius 2 is 1.74 bits per heavy atom. The Bertz CT molecular complexity index is 877. The maximum atomic E-state index is 12.7. The zero-order valence-corrected chi connectivity index (χ0v) is 16.8. The molecule has 0 aliphatic carbocycles. The number of hydrogen-bond donors (Lipinski definition) is 1. The molecule has 1 heterocycles. The number of amides is 1. The molecule has 0 bridgehead atoms. The standard InChI is InChI=1S/C22H25N3OS/c1-16(14-15-18-10-6-4-7-11-18)23-21(26)20-17(2)24-22(27-20)25(3)19-12-8-5-9-13-19/h4-13,16H,14-15H2,1-3H3,(H,23,26). The summed E-state index contributed by atoms with van der Waals surface area (Å²) in [6.07, 6.45) is 1.86. The molecule has 1 N–H and O–H groups in total. The van der Waals surface area contributed by atoms with E-state index in [-0.39, 0.29) is 11.9 Å². The van der Waals surface area contributed by atoms with E-state index in [0.29, 0.717) is 4.88 Å². The van der Waals surface area contributed by atoms with Crippen LogP contribution in [0.3, 0.4) is 0 Å². The summed E-state index contributed by atoms with van der Waals surface area (Å²) in [5.41, 5.74) is 3.11. The lowest BCUT2D eigenvalue weighted by Gasteiger charge is -2.15. The number of benzene rings is 2. The second-order valence-corrected chi connectivity index (χ2v) is 7.68. The molecule has 0 radical (unpaired) electrons. The van der Waals surface area contributed by atoms with E-state index in [4.69, 9.17) is 0 Å². The molecule has 0 aliphatic heterocycles. The van der Waals surface area contributed by atoms with Gasteiger partial charge in [0.2, 0.25) is 0 Å². The second-order valence-electron chi connectivity index (χ2n) is 6.70. The van der Waals surface area contributed by atoms with Gasteiger partial charge in [-0.2, -0.15) is 0 Å². The van der Waals surface area contributed by atoms with Gasteiger partial charge in [-0.25, -0.2) is 4.98 Å². The first-order valence-corrected chi connectivity index (χ1v) is 9.97. The highest BCUT2D eigenvalue weighted by Gasteiger charge is 2.19. The molecular weight excluding hydrogens is 354 g/mol. The van der Waals surface area contributed by atoms with Gasteiger partial charge in [0, 0.05) is 18.8 Å². The Kier molecular flexibility index (Phi) is 6.24. The lowest BCUT2D eigenvalue weighted by Crippen LogP contribution is -2.32. The van der Waals surface area contributed by atoms with Gasteiger partial charge < -0.3 is 10.2 Å². The highest BCUT2D eigenvalue weighted by Crippen LogP contribution is 2.30. The predicted molar refractivity (Wildman–Crippen MR) is 113 cm³/mol. The van der Waals surface area contributed by atoms with Crippen molar-refractivity contribution in [1.82, 2.24) is 10.3 Å². The Morgan fingerprint density at radius 1 is 1.11 bits per heavy atom. The molecule has 2 aromatic carbocycles. The van der Waals surface area contributed by atoms with E-state index < -0.39 is 0 Å². The third-order valence-corrected chi connectivity index (χ3v) is 5.74. The van der Waals surface area contributed by atoms with Gasteiger partial charge in [0.05, 0.1) is 5.69 Å². The Labute approximate surface area is 164 Å². The van der Waals surface area contributed by atoms with Crippen LogP contribution in [0.15, 0.2) is 60.7 Å². The van der Waals surface area contributed by atoms with Gasteiger partial charge >= 0.3 is 0 Å². The number of carbonyl (C=O) groups is 1. The normalized spacial score (nSPS) is 11.8. The minimum Gasteiger partial charge on any atom is -0.349 e. The molecule has 1 amide bonds. The first-order chi connectivity index (χ1) is 13.0. The average Bonchev–Trinajstić information content (AvgIpc) is 3.09. The van der Waals surface area contributed by atoms with Crippen molar-refractivity contribution in [3.8, 4) is 0 Å². The number of aryl methyl sites for hydroxylation is 2. The van der Waals surface area contributed by atoms with Gasteiger partial charge in [0.25, 0.3) is 5.91 Å². The number of rotatable bonds is 7. The van der Waals surface area contributed by atoms with Crippen LogP contribution < -0.4 is 10.2 Å². The number of hydrogen-bond acceptors (Lipinski definition) is 4. The maximum Gasteiger partial charge on any atom is 0.263 e. The van der Waals surface area contributed by atoms with Crippen molar-refractivity contribution in [3.05, 3.63) is 76.8 Å². The van der Waals surface area contributed by atoms with E-state index in [9.17, 15) is 4.79 Å². The summed E-state index contributed by atoms with van der Waals surface area (Å²) in [7, 11) is 1.97. The Morgan fingerprint density at radius 3 is 2.41 bits per heavy atom. The van der Waals surface area contributed by atoms with Crippen LogP contribution in [0.25, 0.3) is 0 Å². The van der Waals surface area contributed by atoms with Crippen molar-refractivity contribution in [2.45, 2.75) is 32.7 Å². The van der Waals surface area contributed by atoms with Crippen molar-refractivity contribution < 1.29 is 4.79 Å². The van der Waals surface area contributed by atoms with Crippen molar-refractivity contribution in [2.24, 2.45) is 0 Å². The smallest absolute Gasteiger partial charge is 0.263 e. The van der Waals surface area contributed by atoms with E-state index in [0.717, 1.165) is 29.4 Å². The highest BCUT2D eigenvalue weighted by atomic mass is 32.1. The summed E-state index contributed by atoms with van der Waals surface area (Å²) < 4.78 is 0. The number of anilines is 2. The first kappa shape index (κ1) is 19.1. The first-order valence-electron chi connectivity index (χ1n) is 9.15. The van der Waals surface area contributed by atoms with Crippen LogP contribution in [0.1, 0.15) is 34.3 Å². The number of aromatic nitrogens is 1. The molecular formula is C22H25N3OS. The summed E-state index contributed by atoms with van der Waals surface area (Å²) in [4.78, 5) is 20.0. The molecule has 140 valence electrons. The highest BCUT2D eigenvalue weighted by molar-refractivity contribution is 7.17. The van der Waals surface area contributed by atoms with Crippen LogP contribution >= 0.6 is 11.3 Å². The molecule has 1 unspecified atom stereocenters. The second kappa shape index (κ2) is 8.82. The number of carbonyl (C=O) groups excluding carboxylic acids is 1. The minimum absolute atomic E-state index is 0.0433. The van der Waals surface area contributed by atoms with E-state index in [1.54, 1.807) is 0 Å². The topological polar surface area (TPSA) is 45.2 Å². The predicted octanol–water partition coefficient (Wildman–Crippen LogP) is 4.97. The number of nitrogens with one attached hydrogen (secondary N) is 1. The molecule has 3 aromatic rings. The third-order valence-electron chi connectivity index (χ3n) is 4.51. The zero-order valence-electron chi connectivity index (χ0n) is 16.0. The quantitative estimate of drug-likeness (QED) is 0.630. The molecule has 1 aromatic heterocycles. The van der Waals surface area contributed by atoms with Crippen LogP contribution in [0.4, 0.5) is 10.8 Å². The van der Waals surface area contributed by atoms with E-state index in [2.05, 4.69) is 22.4 Å². The molecule has 4 nitrogen and oxygen atoms in total. The van der Waals surface area contributed by atoms with Crippen molar-refractivity contribution in [1.29, 1.82) is 0 Å². The fourth-order valence-electron chi connectivity index (χ4n) is 2.89. The van der Waals surface area contributed by atoms with Gasteiger partial charge in [-0.1, -0.05) is 59.9 Å². The van der Waals surface area contributed by atoms with Gasteiger partial charge in [-0.3, -0.25) is 4.79 Å². The zero-order chi connectivity index (χ0) is 19.2. The molecule has 5 heteroatoms. The molecule has 27 heavy (non-hydrogen) atoms. The molecule has 3 rings (SSSR count). The molecule has 1 atom stereocenters. The van der Waals surface area contributed by atoms with Gasteiger partial charge in [-0.05, 0) is 44.4 Å². The monoisotopic (exact) mass is 379 g/mol. The van der Waals surface area contributed by atoms with Crippen LogP contribution in [0.5, 0.6) is 0 Å². The van der Waals surface area contributed by atoms with Crippen molar-refractivity contribution >= 4 is 28.1 Å². The summed E-state index contributed by atoms with van der Waals surface area (Å²) in [6, 6.07) is 20.5.